The Labute approximate surface area is 92.1 Å². The molecule has 1 aromatic rings. The minimum Gasteiger partial charge on any atom is -0.308 e. The van der Waals surface area contributed by atoms with E-state index in [4.69, 9.17) is 0 Å². The Morgan fingerprint density at radius 1 is 1.40 bits per heavy atom. The maximum absolute atomic E-state index is 4.31. The summed E-state index contributed by atoms with van der Waals surface area (Å²) in [5.41, 5.74) is 1.14. The average molecular weight is 204 g/mol. The van der Waals surface area contributed by atoms with Crippen molar-refractivity contribution in [3.63, 3.8) is 0 Å². The Morgan fingerprint density at radius 2 is 2.20 bits per heavy atom. The fourth-order valence-corrected chi connectivity index (χ4v) is 2.39. The maximum atomic E-state index is 4.31. The van der Waals surface area contributed by atoms with Gasteiger partial charge in [-0.2, -0.15) is 0 Å². The van der Waals surface area contributed by atoms with E-state index in [0.717, 1.165) is 18.2 Å². The zero-order valence-electron chi connectivity index (χ0n) is 9.45. The van der Waals surface area contributed by atoms with Crippen molar-refractivity contribution in [3.8, 4) is 0 Å². The summed E-state index contributed by atoms with van der Waals surface area (Å²) in [4.78, 5) is 4.31. The molecule has 1 N–H and O–H groups in total. The zero-order valence-corrected chi connectivity index (χ0v) is 9.45. The van der Waals surface area contributed by atoms with Crippen molar-refractivity contribution in [2.75, 3.05) is 0 Å². The summed E-state index contributed by atoms with van der Waals surface area (Å²) in [6.45, 7) is 3.21. The standard InChI is InChI=1S/C13H20N2/c1-11(12-6-2-3-7-12)15-10-13-8-4-5-9-14-13/h4-5,8-9,11-12,15H,2-3,6-7,10H2,1H3/t11-/m1/s1. The van der Waals surface area contributed by atoms with Crippen LogP contribution in [0.25, 0.3) is 0 Å². The molecule has 1 heterocycles. The number of rotatable bonds is 4. The molecule has 0 unspecified atom stereocenters. The molecule has 15 heavy (non-hydrogen) atoms. The van der Waals surface area contributed by atoms with Crippen LogP contribution in [0.5, 0.6) is 0 Å². The molecule has 0 radical (unpaired) electrons. The summed E-state index contributed by atoms with van der Waals surface area (Å²) in [7, 11) is 0. The average Bonchev–Trinajstić information content (AvgIpc) is 2.81. The van der Waals surface area contributed by atoms with Gasteiger partial charge in [0.25, 0.3) is 0 Å². The lowest BCUT2D eigenvalue weighted by molar-refractivity contribution is 0.379. The fraction of sp³-hybridized carbons (Fsp3) is 0.615. The summed E-state index contributed by atoms with van der Waals surface area (Å²) in [6, 6.07) is 6.72. The van der Waals surface area contributed by atoms with Gasteiger partial charge in [0.1, 0.15) is 0 Å². The second-order valence-corrected chi connectivity index (χ2v) is 4.54. The molecular weight excluding hydrogens is 184 g/mol. The maximum Gasteiger partial charge on any atom is 0.0541 e. The highest BCUT2D eigenvalue weighted by atomic mass is 14.9. The number of hydrogen-bond donors (Lipinski definition) is 1. The molecule has 0 aromatic carbocycles. The van der Waals surface area contributed by atoms with Crippen LogP contribution in [0.15, 0.2) is 24.4 Å². The molecule has 1 fully saturated rings. The van der Waals surface area contributed by atoms with Crippen LogP contribution in [0.3, 0.4) is 0 Å². The van der Waals surface area contributed by atoms with Crippen LogP contribution in [-0.2, 0) is 6.54 Å². The predicted molar refractivity (Wildman–Crippen MR) is 62.5 cm³/mol. The molecule has 82 valence electrons. The van der Waals surface area contributed by atoms with Crippen molar-refractivity contribution in [1.29, 1.82) is 0 Å². The Morgan fingerprint density at radius 3 is 2.87 bits per heavy atom. The van der Waals surface area contributed by atoms with E-state index in [1.165, 1.54) is 25.7 Å². The van der Waals surface area contributed by atoms with Crippen LogP contribution in [0.4, 0.5) is 0 Å². The summed E-state index contributed by atoms with van der Waals surface area (Å²) in [5.74, 6) is 0.883. The first-order chi connectivity index (χ1) is 7.36. The first-order valence-electron chi connectivity index (χ1n) is 5.99. The van der Waals surface area contributed by atoms with Gasteiger partial charge in [-0.3, -0.25) is 4.98 Å². The van der Waals surface area contributed by atoms with Gasteiger partial charge in [-0.25, -0.2) is 0 Å². The van der Waals surface area contributed by atoms with E-state index in [2.05, 4.69) is 23.3 Å². The fourth-order valence-electron chi connectivity index (χ4n) is 2.39. The lowest BCUT2D eigenvalue weighted by Crippen LogP contribution is -2.31. The predicted octanol–water partition coefficient (Wildman–Crippen LogP) is 2.75. The van der Waals surface area contributed by atoms with Gasteiger partial charge in [0.05, 0.1) is 5.69 Å². The van der Waals surface area contributed by atoms with Gasteiger partial charge in [-0.1, -0.05) is 18.9 Å². The van der Waals surface area contributed by atoms with Crippen molar-refractivity contribution in [1.82, 2.24) is 10.3 Å². The summed E-state index contributed by atoms with van der Waals surface area (Å²) >= 11 is 0. The molecule has 0 spiro atoms. The molecule has 0 aliphatic heterocycles. The highest BCUT2D eigenvalue weighted by molar-refractivity contribution is 5.03. The van der Waals surface area contributed by atoms with E-state index in [-0.39, 0.29) is 0 Å². The summed E-state index contributed by atoms with van der Waals surface area (Å²) in [5, 5.41) is 3.58. The normalized spacial score (nSPS) is 19.3. The van der Waals surface area contributed by atoms with Crippen molar-refractivity contribution in [2.45, 2.75) is 45.2 Å². The van der Waals surface area contributed by atoms with Crippen LogP contribution >= 0.6 is 0 Å². The molecule has 2 rings (SSSR count). The minimum atomic E-state index is 0.634. The lowest BCUT2D eigenvalue weighted by Gasteiger charge is -2.20. The van der Waals surface area contributed by atoms with Crippen LogP contribution < -0.4 is 5.32 Å². The molecule has 0 bridgehead atoms. The Kier molecular flexibility index (Phi) is 3.73. The second-order valence-electron chi connectivity index (χ2n) is 4.54. The van der Waals surface area contributed by atoms with Crippen LogP contribution in [0, 0.1) is 5.92 Å². The van der Waals surface area contributed by atoms with Crippen LogP contribution in [0.1, 0.15) is 38.3 Å². The molecule has 0 saturated heterocycles. The smallest absolute Gasteiger partial charge is 0.0541 e. The van der Waals surface area contributed by atoms with Gasteiger partial charge in [-0.05, 0) is 37.8 Å². The lowest BCUT2D eigenvalue weighted by atomic mass is 10.00. The van der Waals surface area contributed by atoms with Gasteiger partial charge < -0.3 is 5.32 Å². The molecule has 1 aliphatic carbocycles. The number of nitrogens with one attached hydrogen (secondary N) is 1. The summed E-state index contributed by atoms with van der Waals surface area (Å²) in [6.07, 6.45) is 7.49. The van der Waals surface area contributed by atoms with E-state index >= 15 is 0 Å². The van der Waals surface area contributed by atoms with Gasteiger partial charge in [-0.15, -0.1) is 0 Å². The molecule has 1 atom stereocenters. The highest BCUT2D eigenvalue weighted by Gasteiger charge is 2.20. The molecule has 1 aromatic heterocycles. The van der Waals surface area contributed by atoms with E-state index in [0.29, 0.717) is 6.04 Å². The number of hydrogen-bond acceptors (Lipinski definition) is 2. The first-order valence-corrected chi connectivity index (χ1v) is 5.99. The van der Waals surface area contributed by atoms with E-state index in [1.807, 2.05) is 18.3 Å². The van der Waals surface area contributed by atoms with Crippen molar-refractivity contribution < 1.29 is 0 Å². The van der Waals surface area contributed by atoms with Crippen LogP contribution in [0.2, 0.25) is 0 Å². The SMILES string of the molecule is C[C@@H](NCc1ccccn1)C1CCCC1. The second kappa shape index (κ2) is 5.26. The molecule has 2 heteroatoms. The minimum absolute atomic E-state index is 0.634. The Bertz CT molecular complexity index is 278. The number of pyridine rings is 1. The highest BCUT2D eigenvalue weighted by Crippen LogP contribution is 2.27. The molecule has 0 amide bonds. The topological polar surface area (TPSA) is 24.9 Å². The van der Waals surface area contributed by atoms with Crippen molar-refractivity contribution >= 4 is 0 Å². The third kappa shape index (κ3) is 3.03. The Hall–Kier alpha value is -0.890. The van der Waals surface area contributed by atoms with Crippen LogP contribution in [-0.4, -0.2) is 11.0 Å². The Balaban J connectivity index is 1.77. The van der Waals surface area contributed by atoms with Gasteiger partial charge in [0, 0.05) is 18.8 Å². The molecule has 1 saturated carbocycles. The molecule has 2 nitrogen and oxygen atoms in total. The largest absolute Gasteiger partial charge is 0.308 e. The first kappa shape index (κ1) is 10.6. The van der Waals surface area contributed by atoms with E-state index in [9.17, 15) is 0 Å². The van der Waals surface area contributed by atoms with Crippen molar-refractivity contribution in [2.24, 2.45) is 5.92 Å². The molecule has 1 aliphatic rings. The third-order valence-electron chi connectivity index (χ3n) is 3.44. The zero-order chi connectivity index (χ0) is 10.5. The van der Waals surface area contributed by atoms with Gasteiger partial charge >= 0.3 is 0 Å². The van der Waals surface area contributed by atoms with E-state index < -0.39 is 0 Å². The molecular formula is C13H20N2. The van der Waals surface area contributed by atoms with Gasteiger partial charge in [0.15, 0.2) is 0 Å². The number of nitrogens with zero attached hydrogens (tertiary/aromatic N) is 1. The number of aromatic nitrogens is 1. The van der Waals surface area contributed by atoms with Crippen molar-refractivity contribution in [3.05, 3.63) is 30.1 Å². The summed E-state index contributed by atoms with van der Waals surface area (Å²) < 4.78 is 0. The quantitative estimate of drug-likeness (QED) is 0.815. The van der Waals surface area contributed by atoms with Gasteiger partial charge in [0.2, 0.25) is 0 Å². The monoisotopic (exact) mass is 204 g/mol. The van der Waals surface area contributed by atoms with E-state index in [1.54, 1.807) is 0 Å². The third-order valence-corrected chi connectivity index (χ3v) is 3.44.